The predicted molar refractivity (Wildman–Crippen MR) is 114 cm³/mol. The molecule has 3 aromatic rings. The number of carboxylic acids is 1. The van der Waals surface area contributed by atoms with E-state index in [0.29, 0.717) is 5.56 Å². The largest absolute Gasteiger partial charge is 0.478 e. The van der Waals surface area contributed by atoms with Crippen molar-refractivity contribution in [2.24, 2.45) is 0 Å². The molecule has 0 heterocycles. The Labute approximate surface area is 181 Å². The van der Waals surface area contributed by atoms with Crippen molar-refractivity contribution in [3.8, 4) is 0 Å². The van der Waals surface area contributed by atoms with Crippen molar-refractivity contribution in [3.63, 3.8) is 0 Å². The summed E-state index contributed by atoms with van der Waals surface area (Å²) in [6.45, 7) is 1.36. The van der Waals surface area contributed by atoms with Gasteiger partial charge in [0.25, 0.3) is 17.5 Å². The highest BCUT2D eigenvalue weighted by Gasteiger charge is 2.29. The minimum absolute atomic E-state index is 0.0664. The molecule has 0 atom stereocenters. The smallest absolute Gasteiger partial charge is 0.336 e. The van der Waals surface area contributed by atoms with Gasteiger partial charge in [0.15, 0.2) is 5.78 Å². The Balaban J connectivity index is 2.16. The molecular weight excluding hydrogens is 416 g/mol. The number of hydrogen-bond donors (Lipinski definition) is 1. The lowest BCUT2D eigenvalue weighted by Gasteiger charge is -2.22. The van der Waals surface area contributed by atoms with Gasteiger partial charge in [-0.1, -0.05) is 18.2 Å². The second kappa shape index (κ2) is 9.00. The summed E-state index contributed by atoms with van der Waals surface area (Å²) in [6, 6.07) is 15.8. The second-order valence-electron chi connectivity index (χ2n) is 6.71. The number of aromatic carboxylic acids is 1. The van der Waals surface area contributed by atoms with E-state index in [4.69, 9.17) is 0 Å². The molecule has 9 heteroatoms. The van der Waals surface area contributed by atoms with Crippen LogP contribution in [0.3, 0.4) is 0 Å². The number of benzene rings is 3. The van der Waals surface area contributed by atoms with E-state index in [-0.39, 0.29) is 33.8 Å². The van der Waals surface area contributed by atoms with Gasteiger partial charge in [-0.05, 0) is 49.4 Å². The van der Waals surface area contributed by atoms with Crippen LogP contribution in [0.25, 0.3) is 0 Å². The summed E-state index contributed by atoms with van der Waals surface area (Å²) in [4.78, 5) is 61.0. The zero-order valence-corrected chi connectivity index (χ0v) is 16.7. The lowest BCUT2D eigenvalue weighted by atomic mass is 10.0. The van der Waals surface area contributed by atoms with Crippen LogP contribution in [-0.2, 0) is 0 Å². The fourth-order valence-electron chi connectivity index (χ4n) is 3.03. The highest BCUT2D eigenvalue weighted by Crippen LogP contribution is 2.24. The van der Waals surface area contributed by atoms with E-state index >= 15 is 0 Å². The summed E-state index contributed by atoms with van der Waals surface area (Å²) in [6.07, 6.45) is 0. The first-order valence-electron chi connectivity index (χ1n) is 9.27. The van der Waals surface area contributed by atoms with Crippen molar-refractivity contribution in [3.05, 3.63) is 105 Å². The van der Waals surface area contributed by atoms with Gasteiger partial charge >= 0.3 is 5.97 Å². The maximum atomic E-state index is 13.4. The number of amides is 2. The molecule has 3 aromatic carbocycles. The third kappa shape index (κ3) is 4.41. The maximum Gasteiger partial charge on any atom is 0.336 e. The van der Waals surface area contributed by atoms with Gasteiger partial charge in [-0.15, -0.1) is 0 Å². The van der Waals surface area contributed by atoms with Crippen LogP contribution in [0, 0.1) is 10.1 Å². The Bertz CT molecular complexity index is 1250. The number of nitro groups is 1. The molecule has 32 heavy (non-hydrogen) atoms. The number of carbonyl (C=O) groups excluding carboxylic acids is 3. The minimum atomic E-state index is -1.36. The summed E-state index contributed by atoms with van der Waals surface area (Å²) < 4.78 is 0. The average molecular weight is 432 g/mol. The summed E-state index contributed by atoms with van der Waals surface area (Å²) >= 11 is 0. The van der Waals surface area contributed by atoms with Crippen LogP contribution < -0.4 is 4.90 Å². The minimum Gasteiger partial charge on any atom is -0.478 e. The Morgan fingerprint density at radius 1 is 0.812 bits per heavy atom. The zero-order valence-electron chi connectivity index (χ0n) is 16.7. The van der Waals surface area contributed by atoms with E-state index in [1.54, 1.807) is 0 Å². The molecule has 9 nitrogen and oxygen atoms in total. The van der Waals surface area contributed by atoms with Crippen LogP contribution in [0.5, 0.6) is 0 Å². The lowest BCUT2D eigenvalue weighted by Crippen LogP contribution is -2.38. The maximum absolute atomic E-state index is 13.4. The van der Waals surface area contributed by atoms with Gasteiger partial charge in [0.05, 0.1) is 21.7 Å². The van der Waals surface area contributed by atoms with Gasteiger partial charge < -0.3 is 5.11 Å². The third-order valence-corrected chi connectivity index (χ3v) is 4.63. The summed E-state index contributed by atoms with van der Waals surface area (Å²) in [7, 11) is 0. The number of ketones is 1. The molecule has 0 aliphatic carbocycles. The number of nitrogens with zero attached hydrogens (tertiary/aromatic N) is 2. The molecule has 1 N–H and O–H groups in total. The quantitative estimate of drug-likeness (QED) is 0.269. The molecule has 0 saturated heterocycles. The molecule has 160 valence electrons. The third-order valence-electron chi connectivity index (χ3n) is 4.63. The lowest BCUT2D eigenvalue weighted by molar-refractivity contribution is -0.384. The number of carboxylic acid groups (broad SMARTS) is 1. The molecule has 0 fully saturated rings. The predicted octanol–water partition coefficient (Wildman–Crippen LogP) is 3.98. The average Bonchev–Trinajstić information content (AvgIpc) is 2.79. The molecule has 0 radical (unpaired) electrons. The molecule has 0 unspecified atom stereocenters. The van der Waals surface area contributed by atoms with E-state index in [9.17, 15) is 34.4 Å². The fraction of sp³-hybridized carbons (Fsp3) is 0.0435. The molecule has 2 amide bonds. The first-order chi connectivity index (χ1) is 15.2. The number of Topliss-reactive ketones (excluding diaryl/α,β-unsaturated/α-hetero) is 1. The first kappa shape index (κ1) is 22.0. The van der Waals surface area contributed by atoms with Gasteiger partial charge in [-0.3, -0.25) is 24.5 Å². The Hall–Kier alpha value is -4.66. The Morgan fingerprint density at radius 3 is 2.00 bits per heavy atom. The van der Waals surface area contributed by atoms with Crippen molar-refractivity contribution in [1.29, 1.82) is 0 Å². The number of nitro benzene ring substituents is 1. The number of non-ortho nitro benzene ring substituents is 1. The van der Waals surface area contributed by atoms with Crippen LogP contribution in [0.15, 0.2) is 72.8 Å². The fourth-order valence-corrected chi connectivity index (χ4v) is 3.03. The van der Waals surface area contributed by atoms with Crippen LogP contribution in [-0.4, -0.2) is 33.6 Å². The molecule has 0 aliphatic heterocycles. The molecule has 0 saturated carbocycles. The van der Waals surface area contributed by atoms with Crippen molar-refractivity contribution in [2.45, 2.75) is 6.92 Å². The summed E-state index contributed by atoms with van der Waals surface area (Å²) in [5.41, 5.74) is -0.632. The normalized spacial score (nSPS) is 10.3. The number of rotatable bonds is 6. The topological polar surface area (TPSA) is 135 Å². The van der Waals surface area contributed by atoms with Crippen molar-refractivity contribution in [2.75, 3.05) is 4.90 Å². The standard InChI is InChI=1S/C23H16N2O7/c1-14(26)15-9-11-17(12-10-15)24(21(27)16-5-4-6-18(13-16)25(31)32)22(28)19-7-2-3-8-20(19)23(29)30/h2-13H,1H3,(H,29,30). The Kier molecular flexibility index (Phi) is 6.20. The molecule has 0 aromatic heterocycles. The monoisotopic (exact) mass is 432 g/mol. The van der Waals surface area contributed by atoms with Gasteiger partial charge in [-0.25, -0.2) is 9.69 Å². The van der Waals surface area contributed by atoms with Crippen LogP contribution >= 0.6 is 0 Å². The number of carbonyl (C=O) groups is 4. The van der Waals surface area contributed by atoms with E-state index in [0.717, 1.165) is 11.0 Å². The van der Waals surface area contributed by atoms with Crippen LogP contribution in [0.1, 0.15) is 48.4 Å². The second-order valence-corrected chi connectivity index (χ2v) is 6.71. The molecule has 0 spiro atoms. The molecule has 3 rings (SSSR count). The SMILES string of the molecule is CC(=O)c1ccc(N(C(=O)c2cccc([N+](=O)[O-])c2)C(=O)c2ccccc2C(=O)O)cc1. The summed E-state index contributed by atoms with van der Waals surface area (Å²) in [5.74, 6) is -3.41. The van der Waals surface area contributed by atoms with Gasteiger partial charge in [0, 0.05) is 23.3 Å². The molecule has 0 aliphatic rings. The van der Waals surface area contributed by atoms with Crippen molar-refractivity contribution >= 4 is 34.9 Å². The first-order valence-corrected chi connectivity index (χ1v) is 9.27. The number of hydrogen-bond acceptors (Lipinski definition) is 6. The van der Waals surface area contributed by atoms with Gasteiger partial charge in [0.1, 0.15) is 0 Å². The zero-order chi connectivity index (χ0) is 23.4. The van der Waals surface area contributed by atoms with Crippen molar-refractivity contribution < 1.29 is 29.2 Å². The molecular formula is C23H16N2O7. The van der Waals surface area contributed by atoms with E-state index in [1.807, 2.05) is 0 Å². The van der Waals surface area contributed by atoms with E-state index < -0.39 is 22.7 Å². The Morgan fingerprint density at radius 2 is 1.44 bits per heavy atom. The summed E-state index contributed by atoms with van der Waals surface area (Å²) in [5, 5.41) is 20.6. The van der Waals surface area contributed by atoms with Crippen LogP contribution in [0.4, 0.5) is 11.4 Å². The molecule has 0 bridgehead atoms. The highest BCUT2D eigenvalue weighted by atomic mass is 16.6. The van der Waals surface area contributed by atoms with Gasteiger partial charge in [0.2, 0.25) is 0 Å². The van der Waals surface area contributed by atoms with Crippen molar-refractivity contribution in [1.82, 2.24) is 0 Å². The van der Waals surface area contributed by atoms with E-state index in [2.05, 4.69) is 0 Å². The van der Waals surface area contributed by atoms with Gasteiger partial charge in [-0.2, -0.15) is 0 Å². The number of anilines is 1. The van der Waals surface area contributed by atoms with E-state index in [1.165, 1.54) is 73.7 Å². The number of imide groups is 1. The highest BCUT2D eigenvalue weighted by molar-refractivity contribution is 6.27. The van der Waals surface area contributed by atoms with Crippen LogP contribution in [0.2, 0.25) is 0 Å².